The fraction of sp³-hybridized carbons (Fsp3) is 0.320. The van der Waals surface area contributed by atoms with Crippen molar-refractivity contribution in [1.82, 2.24) is 20.5 Å². The topological polar surface area (TPSA) is 77.6 Å². The third-order valence-electron chi connectivity index (χ3n) is 5.66. The second-order valence-corrected chi connectivity index (χ2v) is 8.96. The molecular formula is C25H29N5O2S. The largest absolute Gasteiger partial charge is 0.352 e. The Morgan fingerprint density at radius 3 is 2.52 bits per heavy atom. The molecule has 1 fully saturated rings. The van der Waals surface area contributed by atoms with E-state index < -0.39 is 0 Å². The Morgan fingerprint density at radius 1 is 0.939 bits per heavy atom. The van der Waals surface area contributed by atoms with Crippen molar-refractivity contribution in [1.29, 1.82) is 0 Å². The predicted molar refractivity (Wildman–Crippen MR) is 132 cm³/mol. The van der Waals surface area contributed by atoms with E-state index in [1.54, 1.807) is 29.7 Å². The minimum atomic E-state index is -0.134. The van der Waals surface area contributed by atoms with Crippen LogP contribution in [0.4, 0.5) is 10.6 Å². The summed E-state index contributed by atoms with van der Waals surface area (Å²) >= 11 is 1.62. The summed E-state index contributed by atoms with van der Waals surface area (Å²) < 4.78 is 0. The molecule has 4 rings (SSSR count). The minimum Gasteiger partial charge on any atom is -0.352 e. The third-order valence-corrected chi connectivity index (χ3v) is 6.54. The molecule has 0 radical (unpaired) electrons. The van der Waals surface area contributed by atoms with E-state index in [4.69, 9.17) is 0 Å². The lowest BCUT2D eigenvalue weighted by atomic mass is 10.1. The van der Waals surface area contributed by atoms with Crippen LogP contribution in [-0.4, -0.2) is 54.5 Å². The number of benzene rings is 1. The number of carbonyl (C=O) groups excluding carboxylic acids is 2. The molecule has 3 amide bonds. The van der Waals surface area contributed by atoms with Crippen molar-refractivity contribution in [3.8, 4) is 0 Å². The number of carbonyl (C=O) groups is 2. The van der Waals surface area contributed by atoms with Gasteiger partial charge in [-0.25, -0.2) is 9.78 Å². The molecule has 0 bridgehead atoms. The van der Waals surface area contributed by atoms with E-state index in [1.165, 1.54) is 5.56 Å². The zero-order chi connectivity index (χ0) is 22.9. The van der Waals surface area contributed by atoms with Crippen LogP contribution in [0.5, 0.6) is 0 Å². The molecule has 1 aliphatic rings. The van der Waals surface area contributed by atoms with Crippen molar-refractivity contribution in [2.75, 3.05) is 37.6 Å². The maximum Gasteiger partial charge on any atom is 0.317 e. The third kappa shape index (κ3) is 6.32. The van der Waals surface area contributed by atoms with E-state index in [0.717, 1.165) is 17.7 Å². The van der Waals surface area contributed by atoms with Crippen molar-refractivity contribution in [3.63, 3.8) is 0 Å². The molecule has 3 aromatic rings. The van der Waals surface area contributed by atoms with Crippen molar-refractivity contribution >= 4 is 29.1 Å². The second-order valence-electron chi connectivity index (χ2n) is 7.93. The Kier molecular flexibility index (Phi) is 7.92. The maximum absolute atomic E-state index is 12.8. The van der Waals surface area contributed by atoms with E-state index in [0.29, 0.717) is 50.6 Å². The molecule has 1 aliphatic heterocycles. The molecule has 8 heteroatoms. The molecule has 0 atom stereocenters. The van der Waals surface area contributed by atoms with E-state index >= 15 is 0 Å². The number of amides is 3. The number of pyridine rings is 1. The summed E-state index contributed by atoms with van der Waals surface area (Å²) in [6.45, 7) is 3.62. The Morgan fingerprint density at radius 2 is 1.76 bits per heavy atom. The standard InChI is InChI=1S/C25H29N5O2S/c31-24(28-19-21-10-6-18-33-21)22-11-5-12-26-23(22)29-14-16-30(17-15-29)25(32)27-13-4-9-20-7-2-1-3-8-20/h1-3,5-8,10-12,18H,4,9,13-17,19H2,(H,27,32)(H,28,31). The van der Waals surface area contributed by atoms with Gasteiger partial charge in [0.15, 0.2) is 0 Å². The Hall–Kier alpha value is -3.39. The highest BCUT2D eigenvalue weighted by molar-refractivity contribution is 7.09. The Bertz CT molecular complexity index is 1030. The Labute approximate surface area is 198 Å². The molecule has 3 heterocycles. The zero-order valence-electron chi connectivity index (χ0n) is 18.6. The van der Waals surface area contributed by atoms with Crippen molar-refractivity contribution in [2.45, 2.75) is 19.4 Å². The average molecular weight is 464 g/mol. The fourth-order valence-corrected chi connectivity index (χ4v) is 4.51. The van der Waals surface area contributed by atoms with Gasteiger partial charge in [0, 0.05) is 43.8 Å². The van der Waals surface area contributed by atoms with Crippen LogP contribution in [0.2, 0.25) is 0 Å². The van der Waals surface area contributed by atoms with E-state index in [2.05, 4.69) is 32.7 Å². The van der Waals surface area contributed by atoms with Gasteiger partial charge in [0.25, 0.3) is 5.91 Å². The summed E-state index contributed by atoms with van der Waals surface area (Å²) in [6.07, 6.45) is 3.57. The highest BCUT2D eigenvalue weighted by Gasteiger charge is 2.24. The summed E-state index contributed by atoms with van der Waals surface area (Å²) in [5, 5.41) is 8.00. The van der Waals surface area contributed by atoms with Crippen LogP contribution < -0.4 is 15.5 Å². The highest BCUT2D eigenvalue weighted by atomic mass is 32.1. The van der Waals surface area contributed by atoms with Crippen molar-refractivity contribution in [3.05, 3.63) is 82.2 Å². The first kappa shape index (κ1) is 22.8. The first-order valence-corrected chi connectivity index (χ1v) is 12.2. The van der Waals surface area contributed by atoms with Crippen LogP contribution in [0.15, 0.2) is 66.2 Å². The lowest BCUT2D eigenvalue weighted by Crippen LogP contribution is -2.52. The van der Waals surface area contributed by atoms with Crippen molar-refractivity contribution in [2.24, 2.45) is 0 Å². The van der Waals surface area contributed by atoms with E-state index in [9.17, 15) is 9.59 Å². The SMILES string of the molecule is O=C(NCc1cccs1)c1cccnc1N1CCN(C(=O)NCCCc2ccccc2)CC1. The lowest BCUT2D eigenvalue weighted by molar-refractivity contribution is 0.0951. The predicted octanol–water partition coefficient (Wildman–Crippen LogP) is 3.54. The van der Waals surface area contributed by atoms with Gasteiger partial charge >= 0.3 is 6.03 Å². The van der Waals surface area contributed by atoms with Crippen LogP contribution in [0, 0.1) is 0 Å². The molecule has 2 aromatic heterocycles. The van der Waals surface area contributed by atoms with Crippen molar-refractivity contribution < 1.29 is 9.59 Å². The van der Waals surface area contributed by atoms with Gasteiger partial charge < -0.3 is 20.4 Å². The van der Waals surface area contributed by atoms with Crippen LogP contribution in [-0.2, 0) is 13.0 Å². The molecule has 0 saturated carbocycles. The summed E-state index contributed by atoms with van der Waals surface area (Å²) in [7, 11) is 0. The van der Waals surface area contributed by atoms with Crippen LogP contribution in [0.1, 0.15) is 27.2 Å². The number of aryl methyl sites for hydroxylation is 1. The van der Waals surface area contributed by atoms with Gasteiger partial charge in [0.05, 0.1) is 12.1 Å². The smallest absolute Gasteiger partial charge is 0.317 e. The molecule has 7 nitrogen and oxygen atoms in total. The summed E-state index contributed by atoms with van der Waals surface area (Å²) in [4.78, 5) is 34.8. The molecule has 0 aliphatic carbocycles. The van der Waals surface area contributed by atoms with Gasteiger partial charge in [0.2, 0.25) is 0 Å². The number of nitrogens with zero attached hydrogens (tertiary/aromatic N) is 3. The van der Waals surface area contributed by atoms with Crippen LogP contribution in [0.25, 0.3) is 0 Å². The summed E-state index contributed by atoms with van der Waals surface area (Å²) in [5.41, 5.74) is 1.85. The highest BCUT2D eigenvalue weighted by Crippen LogP contribution is 2.19. The number of nitrogens with one attached hydrogen (secondary N) is 2. The van der Waals surface area contributed by atoms with Gasteiger partial charge in [-0.3, -0.25) is 4.79 Å². The molecule has 33 heavy (non-hydrogen) atoms. The number of urea groups is 1. The molecule has 0 unspecified atom stereocenters. The molecule has 1 aromatic carbocycles. The van der Waals surface area contributed by atoms with E-state index in [-0.39, 0.29) is 11.9 Å². The first-order valence-electron chi connectivity index (χ1n) is 11.3. The Balaban J connectivity index is 1.24. The number of hydrogen-bond donors (Lipinski definition) is 2. The number of hydrogen-bond acceptors (Lipinski definition) is 5. The normalized spacial score (nSPS) is 13.6. The zero-order valence-corrected chi connectivity index (χ0v) is 19.4. The van der Waals surface area contributed by atoms with Crippen LogP contribution >= 0.6 is 11.3 Å². The van der Waals surface area contributed by atoms with Gasteiger partial charge in [-0.2, -0.15) is 0 Å². The molecule has 1 saturated heterocycles. The number of aromatic nitrogens is 1. The molecule has 172 valence electrons. The first-order chi connectivity index (χ1) is 16.2. The quantitative estimate of drug-likeness (QED) is 0.501. The molecule has 2 N–H and O–H groups in total. The monoisotopic (exact) mass is 463 g/mol. The maximum atomic E-state index is 12.8. The van der Waals surface area contributed by atoms with E-state index in [1.807, 2.05) is 40.6 Å². The summed E-state index contributed by atoms with van der Waals surface area (Å²) in [6, 6.07) is 17.8. The lowest BCUT2D eigenvalue weighted by Gasteiger charge is -2.36. The van der Waals surface area contributed by atoms with Gasteiger partial charge in [-0.1, -0.05) is 36.4 Å². The molecule has 0 spiro atoms. The number of thiophene rings is 1. The second kappa shape index (κ2) is 11.5. The number of rotatable bonds is 8. The van der Waals surface area contributed by atoms with Gasteiger partial charge in [0.1, 0.15) is 5.82 Å². The molecular weight excluding hydrogens is 434 g/mol. The van der Waals surface area contributed by atoms with Crippen LogP contribution in [0.3, 0.4) is 0 Å². The minimum absolute atomic E-state index is 0.0300. The average Bonchev–Trinajstić information content (AvgIpc) is 3.40. The number of piperazine rings is 1. The fourth-order valence-electron chi connectivity index (χ4n) is 3.87. The number of anilines is 1. The summed E-state index contributed by atoms with van der Waals surface area (Å²) in [5.74, 6) is 0.536. The van der Waals surface area contributed by atoms with Gasteiger partial charge in [-0.05, 0) is 42.0 Å². The van der Waals surface area contributed by atoms with Gasteiger partial charge in [-0.15, -0.1) is 11.3 Å².